The van der Waals surface area contributed by atoms with Gasteiger partial charge in [0.1, 0.15) is 5.69 Å². The number of carbonyl (C=O) groups excluding carboxylic acids is 1. The van der Waals surface area contributed by atoms with Crippen molar-refractivity contribution in [1.82, 2.24) is 15.2 Å². The van der Waals surface area contributed by atoms with Crippen molar-refractivity contribution in [2.45, 2.75) is 25.8 Å². The van der Waals surface area contributed by atoms with Crippen molar-refractivity contribution in [3.05, 3.63) is 44.8 Å². The Morgan fingerprint density at radius 1 is 1.52 bits per heavy atom. The van der Waals surface area contributed by atoms with E-state index in [9.17, 15) is 4.79 Å². The van der Waals surface area contributed by atoms with Gasteiger partial charge in [0.15, 0.2) is 0 Å². The fourth-order valence-corrected chi connectivity index (χ4v) is 4.22. The van der Waals surface area contributed by atoms with Crippen LogP contribution < -0.4 is 5.32 Å². The molecule has 1 aliphatic heterocycles. The number of aromatic nitrogens is 1. The molecule has 0 spiro atoms. The summed E-state index contributed by atoms with van der Waals surface area (Å²) in [7, 11) is 0. The van der Waals surface area contributed by atoms with E-state index in [2.05, 4.69) is 55.6 Å². The summed E-state index contributed by atoms with van der Waals surface area (Å²) in [6, 6.07) is 6.33. The van der Waals surface area contributed by atoms with Crippen molar-refractivity contribution in [2.75, 3.05) is 19.6 Å². The Labute approximate surface area is 149 Å². The molecule has 0 bridgehead atoms. The first-order chi connectivity index (χ1) is 11.1. The zero-order chi connectivity index (χ0) is 16.2. The molecule has 0 aliphatic carbocycles. The van der Waals surface area contributed by atoms with E-state index in [4.69, 9.17) is 0 Å². The van der Waals surface area contributed by atoms with Crippen LogP contribution >= 0.6 is 27.3 Å². The molecule has 2 aromatic heterocycles. The van der Waals surface area contributed by atoms with Crippen LogP contribution in [0.3, 0.4) is 0 Å². The number of rotatable bonds is 5. The molecule has 1 fully saturated rings. The van der Waals surface area contributed by atoms with Gasteiger partial charge in [-0.05, 0) is 65.3 Å². The quantitative estimate of drug-likeness (QED) is 0.802. The van der Waals surface area contributed by atoms with Crippen LogP contribution in [0.4, 0.5) is 0 Å². The Bertz CT molecular complexity index is 632. The van der Waals surface area contributed by atoms with Crippen LogP contribution in [0.15, 0.2) is 34.2 Å². The Kier molecular flexibility index (Phi) is 5.56. The molecule has 1 unspecified atom stereocenters. The second-order valence-electron chi connectivity index (χ2n) is 6.19. The highest BCUT2D eigenvalue weighted by atomic mass is 79.9. The minimum Gasteiger partial charge on any atom is -0.356 e. The summed E-state index contributed by atoms with van der Waals surface area (Å²) >= 11 is 5.13. The number of nitrogens with one attached hydrogen (secondary N) is 2. The molecule has 1 atom stereocenters. The largest absolute Gasteiger partial charge is 0.356 e. The lowest BCUT2D eigenvalue weighted by atomic mass is 9.97. The third-order valence-corrected chi connectivity index (χ3v) is 5.91. The number of H-pyrrole nitrogens is 1. The topological polar surface area (TPSA) is 48.1 Å². The van der Waals surface area contributed by atoms with E-state index in [1.54, 1.807) is 23.6 Å². The molecule has 1 amide bonds. The monoisotopic (exact) mass is 395 g/mol. The maximum Gasteiger partial charge on any atom is 0.267 e. The lowest BCUT2D eigenvalue weighted by Gasteiger charge is -2.36. The first-order valence-electron chi connectivity index (χ1n) is 8.03. The van der Waals surface area contributed by atoms with Gasteiger partial charge in [0, 0.05) is 22.1 Å². The molecule has 0 aromatic carbocycles. The van der Waals surface area contributed by atoms with Crippen LogP contribution in [-0.4, -0.2) is 35.4 Å². The summed E-state index contributed by atoms with van der Waals surface area (Å²) in [6.07, 6.45) is 4.25. The molecular weight excluding hydrogens is 374 g/mol. The van der Waals surface area contributed by atoms with Crippen LogP contribution in [0.1, 0.15) is 41.2 Å². The van der Waals surface area contributed by atoms with Gasteiger partial charge in [-0.3, -0.25) is 9.69 Å². The lowest BCUT2D eigenvalue weighted by Crippen LogP contribution is -2.41. The summed E-state index contributed by atoms with van der Waals surface area (Å²) in [4.78, 5) is 19.1. The van der Waals surface area contributed by atoms with E-state index >= 15 is 0 Å². The molecule has 3 heterocycles. The molecule has 3 rings (SSSR count). The first kappa shape index (κ1) is 16.7. The first-order valence-corrected chi connectivity index (χ1v) is 9.70. The molecule has 6 heteroatoms. The summed E-state index contributed by atoms with van der Waals surface area (Å²) in [5.41, 5.74) is 0.592. The number of aromatic amines is 1. The SMILES string of the molecule is CC1CCN(C(CNC(=O)c2cc(Br)c[nH]2)c2cccs2)CC1. The molecule has 1 aliphatic rings. The third-order valence-electron chi connectivity index (χ3n) is 4.48. The van der Waals surface area contributed by atoms with E-state index < -0.39 is 0 Å². The standard InChI is InChI=1S/C17H22BrN3OS/c1-12-4-6-21(7-5-12)15(16-3-2-8-23-16)11-20-17(22)14-9-13(18)10-19-14/h2-3,8-10,12,15,19H,4-7,11H2,1H3,(H,20,22). The Hall–Kier alpha value is -1.11. The Morgan fingerprint density at radius 2 is 2.30 bits per heavy atom. The maximum absolute atomic E-state index is 12.3. The molecule has 2 aromatic rings. The zero-order valence-corrected chi connectivity index (χ0v) is 15.6. The van der Waals surface area contributed by atoms with Crippen LogP contribution in [0.25, 0.3) is 0 Å². The van der Waals surface area contributed by atoms with Gasteiger partial charge in [0.05, 0.1) is 6.04 Å². The molecule has 4 nitrogen and oxygen atoms in total. The number of likely N-dealkylation sites (tertiary alicyclic amines) is 1. The van der Waals surface area contributed by atoms with Crippen molar-refractivity contribution in [3.8, 4) is 0 Å². The second kappa shape index (κ2) is 7.64. The van der Waals surface area contributed by atoms with E-state index in [0.29, 0.717) is 12.2 Å². The summed E-state index contributed by atoms with van der Waals surface area (Å²) in [5, 5.41) is 5.19. The molecule has 0 radical (unpaired) electrons. The summed E-state index contributed by atoms with van der Waals surface area (Å²) in [6.45, 7) is 5.17. The van der Waals surface area contributed by atoms with Crippen molar-refractivity contribution in [1.29, 1.82) is 0 Å². The van der Waals surface area contributed by atoms with Crippen LogP contribution in [0, 0.1) is 5.92 Å². The zero-order valence-electron chi connectivity index (χ0n) is 13.2. The van der Waals surface area contributed by atoms with Gasteiger partial charge in [-0.15, -0.1) is 11.3 Å². The number of nitrogens with zero attached hydrogens (tertiary/aromatic N) is 1. The number of hydrogen-bond donors (Lipinski definition) is 2. The number of hydrogen-bond acceptors (Lipinski definition) is 3. The lowest BCUT2D eigenvalue weighted by molar-refractivity contribution is 0.0910. The van der Waals surface area contributed by atoms with Gasteiger partial charge in [0.2, 0.25) is 0 Å². The van der Waals surface area contributed by atoms with Crippen molar-refractivity contribution < 1.29 is 4.79 Å². The fourth-order valence-electron chi connectivity index (χ4n) is 3.01. The minimum absolute atomic E-state index is 0.0531. The average Bonchev–Trinajstić information content (AvgIpc) is 3.21. The van der Waals surface area contributed by atoms with Gasteiger partial charge in [0.25, 0.3) is 5.91 Å². The fraction of sp³-hybridized carbons (Fsp3) is 0.471. The predicted octanol–water partition coefficient (Wildman–Crippen LogP) is 4.04. The van der Waals surface area contributed by atoms with Crippen molar-refractivity contribution in [2.24, 2.45) is 5.92 Å². The van der Waals surface area contributed by atoms with E-state index in [1.165, 1.54) is 17.7 Å². The number of piperidine rings is 1. The van der Waals surface area contributed by atoms with Crippen molar-refractivity contribution >= 4 is 33.2 Å². The van der Waals surface area contributed by atoms with E-state index in [1.807, 2.05) is 0 Å². The van der Waals surface area contributed by atoms with E-state index in [0.717, 1.165) is 23.5 Å². The molecule has 2 N–H and O–H groups in total. The highest BCUT2D eigenvalue weighted by molar-refractivity contribution is 9.10. The van der Waals surface area contributed by atoms with Crippen LogP contribution in [0.5, 0.6) is 0 Å². The van der Waals surface area contributed by atoms with E-state index in [-0.39, 0.29) is 11.9 Å². The summed E-state index contributed by atoms with van der Waals surface area (Å²) < 4.78 is 0.891. The van der Waals surface area contributed by atoms with Crippen LogP contribution in [0.2, 0.25) is 0 Å². The highest BCUT2D eigenvalue weighted by Gasteiger charge is 2.25. The van der Waals surface area contributed by atoms with Gasteiger partial charge >= 0.3 is 0 Å². The normalized spacial score (nSPS) is 18.0. The smallest absolute Gasteiger partial charge is 0.267 e. The number of thiophene rings is 1. The van der Waals surface area contributed by atoms with Gasteiger partial charge in [-0.1, -0.05) is 13.0 Å². The number of amides is 1. The third kappa shape index (κ3) is 4.25. The average molecular weight is 396 g/mol. The predicted molar refractivity (Wildman–Crippen MR) is 97.9 cm³/mol. The maximum atomic E-state index is 12.3. The van der Waals surface area contributed by atoms with Gasteiger partial charge in [-0.25, -0.2) is 0 Å². The Morgan fingerprint density at radius 3 is 2.91 bits per heavy atom. The second-order valence-corrected chi connectivity index (χ2v) is 8.09. The minimum atomic E-state index is -0.0531. The highest BCUT2D eigenvalue weighted by Crippen LogP contribution is 2.29. The Balaban J connectivity index is 1.66. The number of halogens is 1. The van der Waals surface area contributed by atoms with Crippen LogP contribution in [-0.2, 0) is 0 Å². The van der Waals surface area contributed by atoms with Crippen molar-refractivity contribution in [3.63, 3.8) is 0 Å². The number of carbonyl (C=O) groups is 1. The molecular formula is C17H22BrN3OS. The molecule has 23 heavy (non-hydrogen) atoms. The molecule has 1 saturated heterocycles. The molecule has 124 valence electrons. The summed E-state index contributed by atoms with van der Waals surface area (Å²) in [5.74, 6) is 0.753. The van der Waals surface area contributed by atoms with Gasteiger partial charge < -0.3 is 10.3 Å². The molecule has 0 saturated carbocycles. The van der Waals surface area contributed by atoms with Gasteiger partial charge in [-0.2, -0.15) is 0 Å².